The topological polar surface area (TPSA) is 12.4 Å². The van der Waals surface area contributed by atoms with Crippen molar-refractivity contribution in [1.82, 2.24) is 0 Å². The summed E-state index contributed by atoms with van der Waals surface area (Å²) in [4.78, 5) is 4.24. The summed E-state index contributed by atoms with van der Waals surface area (Å²) in [5, 5.41) is 0. The van der Waals surface area contributed by atoms with Gasteiger partial charge >= 0.3 is 0 Å². The van der Waals surface area contributed by atoms with Crippen molar-refractivity contribution in [2.45, 2.75) is 6.92 Å². The summed E-state index contributed by atoms with van der Waals surface area (Å²) in [6.45, 7) is 2.90. The molecule has 1 nitrogen and oxygen atoms in total. The van der Waals surface area contributed by atoms with Crippen molar-refractivity contribution in [3.8, 4) is 0 Å². The number of nitrogens with zero attached hydrogens (tertiary/aromatic N) is 1. The third kappa shape index (κ3) is 1.30. The Balaban J connectivity index is 2.58. The van der Waals surface area contributed by atoms with E-state index in [2.05, 4.69) is 42.3 Å². The van der Waals surface area contributed by atoms with Gasteiger partial charge < -0.3 is 0 Å². The fourth-order valence-corrected chi connectivity index (χ4v) is 1.35. The van der Waals surface area contributed by atoms with Crippen molar-refractivity contribution in [2.24, 2.45) is 4.99 Å². The Bertz CT molecular complexity index is 348. The monoisotopic (exact) mass is 157 g/mol. The van der Waals surface area contributed by atoms with Gasteiger partial charge in [0.25, 0.3) is 0 Å². The third-order valence-electron chi connectivity index (χ3n) is 1.98. The lowest BCUT2D eigenvalue weighted by molar-refractivity contribution is 1.27. The predicted octanol–water partition coefficient (Wildman–Crippen LogP) is 2.44. The first kappa shape index (κ1) is 7.29. The van der Waals surface area contributed by atoms with Gasteiger partial charge in [-0.25, -0.2) is 0 Å². The number of rotatable bonds is 0. The lowest BCUT2D eigenvalue weighted by Crippen LogP contribution is -1.86. The quantitative estimate of drug-likeness (QED) is 0.548. The Morgan fingerprint density at radius 1 is 1.25 bits per heavy atom. The van der Waals surface area contributed by atoms with Crippen LogP contribution in [0.15, 0.2) is 29.3 Å². The Morgan fingerprint density at radius 3 is 3.08 bits per heavy atom. The van der Waals surface area contributed by atoms with E-state index in [1.165, 1.54) is 16.7 Å². The first-order chi connectivity index (χ1) is 5.86. The van der Waals surface area contributed by atoms with Crippen LogP contribution in [0.2, 0.25) is 0 Å². The smallest absolute Gasteiger partial charge is 0.0573 e. The molecule has 0 atom stereocenters. The van der Waals surface area contributed by atoms with Gasteiger partial charge in [0.15, 0.2) is 0 Å². The van der Waals surface area contributed by atoms with Gasteiger partial charge in [-0.15, -0.1) is 0 Å². The Morgan fingerprint density at radius 2 is 2.17 bits per heavy atom. The minimum Gasteiger partial charge on any atom is -0.288 e. The molecule has 1 heteroatoms. The van der Waals surface area contributed by atoms with Gasteiger partial charge in [0.1, 0.15) is 0 Å². The Kier molecular flexibility index (Phi) is 1.78. The molecule has 0 bridgehead atoms. The highest BCUT2D eigenvalue weighted by molar-refractivity contribution is 5.86. The molecule has 0 N–H and O–H groups in total. The molecule has 0 aromatic heterocycles. The molecule has 1 aromatic carbocycles. The molecule has 0 unspecified atom stereocenters. The maximum absolute atomic E-state index is 4.24. The predicted molar refractivity (Wildman–Crippen MR) is 52.7 cm³/mol. The molecule has 0 fully saturated rings. The summed E-state index contributed by atoms with van der Waals surface area (Å²) in [6.07, 6.45) is 6.15. The minimum absolute atomic E-state index is 0.799. The summed E-state index contributed by atoms with van der Waals surface area (Å²) in [6, 6.07) is 6.43. The molecular formula is C11H11N. The molecule has 12 heavy (non-hydrogen) atoms. The van der Waals surface area contributed by atoms with Crippen LogP contribution in [0.25, 0.3) is 6.08 Å². The van der Waals surface area contributed by atoms with Crippen molar-refractivity contribution in [3.63, 3.8) is 0 Å². The van der Waals surface area contributed by atoms with Crippen LogP contribution in [0.1, 0.15) is 16.7 Å². The largest absolute Gasteiger partial charge is 0.288 e. The van der Waals surface area contributed by atoms with E-state index in [4.69, 9.17) is 0 Å². The van der Waals surface area contributed by atoms with Gasteiger partial charge in [0.2, 0.25) is 0 Å². The summed E-state index contributed by atoms with van der Waals surface area (Å²) < 4.78 is 0. The Hall–Kier alpha value is -1.37. The highest BCUT2D eigenvalue weighted by Crippen LogP contribution is 2.13. The lowest BCUT2D eigenvalue weighted by Gasteiger charge is -1.99. The summed E-state index contributed by atoms with van der Waals surface area (Å²) in [7, 11) is 0. The third-order valence-corrected chi connectivity index (χ3v) is 1.98. The molecule has 0 saturated carbocycles. The maximum atomic E-state index is 4.24. The van der Waals surface area contributed by atoms with E-state index >= 15 is 0 Å². The van der Waals surface area contributed by atoms with Gasteiger partial charge in [-0.2, -0.15) is 0 Å². The molecule has 1 aliphatic rings. The normalized spacial score (nSPS) is 14.1. The number of hydrogen-bond donors (Lipinski definition) is 0. The number of fused-ring (bicyclic) bond motifs is 1. The molecule has 1 aliphatic heterocycles. The van der Waals surface area contributed by atoms with Crippen LogP contribution in [0.5, 0.6) is 0 Å². The zero-order valence-corrected chi connectivity index (χ0v) is 7.12. The number of aliphatic imine (C=N–C) groups is 1. The van der Waals surface area contributed by atoms with Crippen molar-refractivity contribution < 1.29 is 0 Å². The van der Waals surface area contributed by atoms with Crippen LogP contribution in [-0.2, 0) is 0 Å². The molecule has 0 spiro atoms. The number of benzene rings is 1. The number of aryl methyl sites for hydroxylation is 1. The van der Waals surface area contributed by atoms with Gasteiger partial charge in [-0.3, -0.25) is 4.99 Å². The zero-order chi connectivity index (χ0) is 8.39. The van der Waals surface area contributed by atoms with Crippen LogP contribution < -0.4 is 0 Å². The number of hydrogen-bond acceptors (Lipinski definition) is 1. The second-order valence-corrected chi connectivity index (χ2v) is 3.03. The maximum Gasteiger partial charge on any atom is 0.0573 e. The van der Waals surface area contributed by atoms with Crippen LogP contribution in [0.3, 0.4) is 0 Å². The second-order valence-electron chi connectivity index (χ2n) is 3.03. The molecular weight excluding hydrogens is 146 g/mol. The lowest BCUT2D eigenvalue weighted by atomic mass is 10.1. The first-order valence-electron chi connectivity index (χ1n) is 4.13. The molecule has 60 valence electrons. The summed E-state index contributed by atoms with van der Waals surface area (Å²) >= 11 is 0. The SMILES string of the molecule is Cc1ccc2c(c1)C=NCC=C2. The second kappa shape index (κ2) is 2.94. The van der Waals surface area contributed by atoms with Crippen LogP contribution in [-0.4, -0.2) is 12.8 Å². The van der Waals surface area contributed by atoms with Crippen LogP contribution in [0.4, 0.5) is 0 Å². The summed E-state index contributed by atoms with van der Waals surface area (Å²) in [5.41, 5.74) is 3.78. The molecule has 2 rings (SSSR count). The molecule has 0 amide bonds. The van der Waals surface area contributed by atoms with Crippen molar-refractivity contribution in [2.75, 3.05) is 6.54 Å². The van der Waals surface area contributed by atoms with Gasteiger partial charge in [-0.1, -0.05) is 29.8 Å². The van der Waals surface area contributed by atoms with Crippen molar-refractivity contribution in [3.05, 3.63) is 41.0 Å². The highest BCUT2D eigenvalue weighted by atomic mass is 14.7. The molecule has 1 aromatic rings. The standard InChI is InChI=1S/C11H11N/c1-9-4-5-10-3-2-6-12-8-11(10)7-9/h2-5,7-8H,6H2,1H3. The minimum atomic E-state index is 0.799. The summed E-state index contributed by atoms with van der Waals surface area (Å²) in [5.74, 6) is 0. The fraction of sp³-hybridized carbons (Fsp3) is 0.182. The molecule has 1 heterocycles. The zero-order valence-electron chi connectivity index (χ0n) is 7.12. The molecule has 0 aliphatic carbocycles. The van der Waals surface area contributed by atoms with Crippen molar-refractivity contribution >= 4 is 12.3 Å². The van der Waals surface area contributed by atoms with Gasteiger partial charge in [0.05, 0.1) is 6.54 Å². The van der Waals surface area contributed by atoms with Gasteiger partial charge in [0, 0.05) is 6.21 Å². The van der Waals surface area contributed by atoms with E-state index < -0.39 is 0 Å². The van der Waals surface area contributed by atoms with E-state index in [0.29, 0.717) is 0 Å². The van der Waals surface area contributed by atoms with Crippen LogP contribution in [0, 0.1) is 6.92 Å². The fourth-order valence-electron chi connectivity index (χ4n) is 1.35. The van der Waals surface area contributed by atoms with Gasteiger partial charge in [-0.05, 0) is 24.1 Å². The average Bonchev–Trinajstić information content (AvgIpc) is 2.28. The van der Waals surface area contributed by atoms with Crippen molar-refractivity contribution in [1.29, 1.82) is 0 Å². The molecule has 0 saturated heterocycles. The highest BCUT2D eigenvalue weighted by Gasteiger charge is 1.98. The van der Waals surface area contributed by atoms with E-state index in [1.807, 2.05) is 6.21 Å². The van der Waals surface area contributed by atoms with E-state index in [-0.39, 0.29) is 0 Å². The molecule has 0 radical (unpaired) electrons. The van der Waals surface area contributed by atoms with Crippen LogP contribution >= 0.6 is 0 Å². The van der Waals surface area contributed by atoms with E-state index in [0.717, 1.165) is 6.54 Å². The Labute approximate surface area is 72.5 Å². The first-order valence-corrected chi connectivity index (χ1v) is 4.13. The van der Waals surface area contributed by atoms with E-state index in [9.17, 15) is 0 Å². The average molecular weight is 157 g/mol. The van der Waals surface area contributed by atoms with E-state index in [1.54, 1.807) is 0 Å².